The summed E-state index contributed by atoms with van der Waals surface area (Å²) in [6, 6.07) is -4.08. The molecule has 1 aromatic heterocycles. The molecule has 1 aromatic rings. The van der Waals surface area contributed by atoms with Gasteiger partial charge in [-0.15, -0.1) is 18.9 Å². The maximum atomic E-state index is 15.0. The second-order valence-corrected chi connectivity index (χ2v) is 15.5. The van der Waals surface area contributed by atoms with Gasteiger partial charge in [-0.05, 0) is 69.6 Å². The first-order valence-corrected chi connectivity index (χ1v) is 19.4. The van der Waals surface area contributed by atoms with Crippen molar-refractivity contribution in [2.24, 2.45) is 17.3 Å². The molecule has 4 N–H and O–H groups in total. The van der Waals surface area contributed by atoms with E-state index < -0.39 is 64.9 Å². The van der Waals surface area contributed by atoms with Crippen molar-refractivity contribution in [2.45, 2.75) is 128 Å². The quantitative estimate of drug-likeness (QED) is 0.113. The van der Waals surface area contributed by atoms with E-state index in [1.165, 1.54) is 29.6 Å². The zero-order valence-corrected chi connectivity index (χ0v) is 32.0. The van der Waals surface area contributed by atoms with Gasteiger partial charge in [-0.3, -0.25) is 33.8 Å². The summed E-state index contributed by atoms with van der Waals surface area (Å²) in [6.07, 6.45) is 22.2. The number of Topliss-reactive ketones (excluding diaryl/α,β-unsaturated/α-hetero) is 1. The first-order valence-electron chi connectivity index (χ1n) is 19.4. The van der Waals surface area contributed by atoms with Gasteiger partial charge in [-0.2, -0.15) is 0 Å². The minimum atomic E-state index is -1.20. The van der Waals surface area contributed by atoms with E-state index in [4.69, 9.17) is 6.42 Å². The Bertz CT molecular complexity index is 1590. The highest BCUT2D eigenvalue weighted by molar-refractivity contribution is 6.38. The Labute approximate surface area is 319 Å². The van der Waals surface area contributed by atoms with E-state index in [2.05, 4.69) is 43.7 Å². The molecule has 5 atom stereocenters. The molecule has 54 heavy (non-hydrogen) atoms. The number of nitrogens with zero attached hydrogens (tertiary/aromatic N) is 3. The summed E-state index contributed by atoms with van der Waals surface area (Å²) in [7, 11) is 0. The van der Waals surface area contributed by atoms with Gasteiger partial charge in [-0.25, -0.2) is 4.98 Å². The van der Waals surface area contributed by atoms with Gasteiger partial charge in [0.05, 0.1) is 12.2 Å². The van der Waals surface area contributed by atoms with E-state index in [0.717, 1.165) is 56.9 Å². The average molecular weight is 744 g/mol. The smallest absolute Gasteiger partial charge is 0.289 e. The summed E-state index contributed by atoms with van der Waals surface area (Å²) in [5.41, 5.74) is 0.486. The summed E-state index contributed by atoms with van der Waals surface area (Å²) >= 11 is 0. The Morgan fingerprint density at radius 1 is 1.02 bits per heavy atom. The van der Waals surface area contributed by atoms with Crippen LogP contribution in [0.1, 0.15) is 115 Å². The minimum absolute atomic E-state index is 0.0419. The summed E-state index contributed by atoms with van der Waals surface area (Å²) in [4.78, 5) is 92.5. The molecular formula is C41H57N7O6. The summed E-state index contributed by atoms with van der Waals surface area (Å²) in [6.45, 7) is 9.76. The predicted molar refractivity (Wildman–Crippen MR) is 204 cm³/mol. The van der Waals surface area contributed by atoms with E-state index in [9.17, 15) is 24.0 Å². The molecule has 13 nitrogen and oxygen atoms in total. The SMILES string of the molecule is C#CCCC(NC(=O)[C@@H]1C[C@@H](C=C(C)C)CN1C(=O)[C@@H](NC(=O)[C@@H](NC(=O)c1cnccn1)C1CCCCC1)C1(C)CCCCC1)C(=O)C(=O)NCC=C. The zero-order chi connectivity index (χ0) is 39.3. The maximum Gasteiger partial charge on any atom is 0.289 e. The van der Waals surface area contributed by atoms with Crippen LogP contribution >= 0.6 is 0 Å². The van der Waals surface area contributed by atoms with Crippen molar-refractivity contribution >= 4 is 35.3 Å². The number of carbonyl (C=O) groups is 6. The van der Waals surface area contributed by atoms with Crippen molar-refractivity contribution < 1.29 is 28.8 Å². The lowest BCUT2D eigenvalue weighted by Gasteiger charge is -2.43. The average Bonchev–Trinajstić information content (AvgIpc) is 3.60. The van der Waals surface area contributed by atoms with Crippen LogP contribution in [0.15, 0.2) is 42.9 Å². The third-order valence-electron chi connectivity index (χ3n) is 11.0. The lowest BCUT2D eigenvalue weighted by molar-refractivity contribution is -0.146. The number of carbonyl (C=O) groups excluding carboxylic acids is 6. The van der Waals surface area contributed by atoms with E-state index >= 15 is 4.79 Å². The lowest BCUT2D eigenvalue weighted by atomic mass is 9.69. The molecule has 1 unspecified atom stereocenters. The monoisotopic (exact) mass is 743 g/mol. The Balaban J connectivity index is 1.66. The summed E-state index contributed by atoms with van der Waals surface area (Å²) in [5.74, 6) is -1.48. The molecule has 4 rings (SSSR count). The normalized spacial score (nSPS) is 21.3. The fraction of sp³-hybridized carbons (Fsp3) is 0.610. The van der Waals surface area contributed by atoms with Gasteiger partial charge >= 0.3 is 0 Å². The third kappa shape index (κ3) is 11.1. The predicted octanol–water partition coefficient (Wildman–Crippen LogP) is 3.56. The molecule has 0 spiro atoms. The Morgan fingerprint density at radius 2 is 1.72 bits per heavy atom. The largest absolute Gasteiger partial charge is 0.346 e. The van der Waals surface area contributed by atoms with Crippen LogP contribution in [-0.2, 0) is 24.0 Å². The van der Waals surface area contributed by atoms with Gasteiger partial charge in [-0.1, -0.05) is 63.2 Å². The summed E-state index contributed by atoms with van der Waals surface area (Å²) < 4.78 is 0. The van der Waals surface area contributed by atoms with E-state index in [1.54, 1.807) is 0 Å². The second-order valence-electron chi connectivity index (χ2n) is 15.5. The molecule has 2 aliphatic carbocycles. The molecule has 2 saturated carbocycles. The molecule has 5 amide bonds. The van der Waals surface area contributed by atoms with Gasteiger partial charge in [0, 0.05) is 31.9 Å². The number of rotatable bonds is 16. The highest BCUT2D eigenvalue weighted by Crippen LogP contribution is 2.41. The third-order valence-corrected chi connectivity index (χ3v) is 11.0. The molecular weight excluding hydrogens is 686 g/mol. The molecule has 1 saturated heterocycles. The van der Waals surface area contributed by atoms with Gasteiger partial charge in [0.1, 0.15) is 23.8 Å². The van der Waals surface area contributed by atoms with Crippen LogP contribution in [0, 0.1) is 29.6 Å². The molecule has 0 bridgehead atoms. The number of nitrogens with one attached hydrogen (secondary N) is 4. The van der Waals surface area contributed by atoms with Crippen LogP contribution in [0.3, 0.4) is 0 Å². The van der Waals surface area contributed by atoms with E-state index in [0.29, 0.717) is 12.8 Å². The van der Waals surface area contributed by atoms with Crippen molar-refractivity contribution in [3.63, 3.8) is 0 Å². The summed E-state index contributed by atoms with van der Waals surface area (Å²) in [5, 5.41) is 11.3. The molecule has 3 fully saturated rings. The fourth-order valence-electron chi connectivity index (χ4n) is 8.20. The molecule has 0 radical (unpaired) electrons. The molecule has 3 aliphatic rings. The number of terminal acetylenes is 1. The Kier molecular flexibility index (Phi) is 15.5. The maximum absolute atomic E-state index is 15.0. The van der Waals surface area contributed by atoms with E-state index in [-0.39, 0.29) is 49.9 Å². The Hall–Kier alpha value is -4.86. The van der Waals surface area contributed by atoms with Crippen LogP contribution < -0.4 is 21.3 Å². The number of ketones is 1. The van der Waals surface area contributed by atoms with Crippen molar-refractivity contribution in [1.82, 2.24) is 36.1 Å². The van der Waals surface area contributed by atoms with Crippen LogP contribution in [0.5, 0.6) is 0 Å². The zero-order valence-electron chi connectivity index (χ0n) is 32.0. The van der Waals surface area contributed by atoms with E-state index in [1.807, 2.05) is 26.8 Å². The topological polar surface area (TPSA) is 180 Å². The van der Waals surface area contributed by atoms with Gasteiger partial charge in [0.2, 0.25) is 23.5 Å². The second kappa shape index (κ2) is 20.0. The van der Waals surface area contributed by atoms with Crippen LogP contribution in [0.4, 0.5) is 0 Å². The van der Waals surface area contributed by atoms with Crippen LogP contribution in [0.25, 0.3) is 0 Å². The highest BCUT2D eigenvalue weighted by atomic mass is 16.2. The van der Waals surface area contributed by atoms with Crippen LogP contribution in [-0.4, -0.2) is 87.4 Å². The fourth-order valence-corrected chi connectivity index (χ4v) is 8.20. The first-order chi connectivity index (χ1) is 25.9. The van der Waals surface area contributed by atoms with Crippen molar-refractivity contribution in [2.75, 3.05) is 13.1 Å². The number of aromatic nitrogens is 2. The molecule has 1 aliphatic heterocycles. The van der Waals surface area contributed by atoms with Crippen LogP contribution in [0.2, 0.25) is 0 Å². The van der Waals surface area contributed by atoms with Gasteiger partial charge in [0.15, 0.2) is 0 Å². The number of hydrogen-bond acceptors (Lipinski definition) is 8. The lowest BCUT2D eigenvalue weighted by Crippen LogP contribution is -2.63. The number of allylic oxidation sites excluding steroid dienone is 1. The molecule has 292 valence electrons. The number of hydrogen-bond donors (Lipinski definition) is 4. The molecule has 0 aromatic carbocycles. The van der Waals surface area contributed by atoms with Crippen molar-refractivity contribution in [3.05, 3.63) is 48.6 Å². The van der Waals surface area contributed by atoms with Crippen molar-refractivity contribution in [1.29, 1.82) is 0 Å². The standard InChI is InChI=1S/C41H57N7O6/c1-6-8-17-30(34(49)39(53)44-20-7-2)45-37(51)32-24-28(23-27(3)4)26-48(32)40(54)35(41(5)18-13-10-14-19-41)47-38(52)33(29-15-11-9-12-16-29)46-36(50)31-25-42-21-22-43-31/h1,7,21-23,25,28-30,32-33,35H,2,8-20,24,26H2,3-5H3,(H,44,53)(H,45,51)(H,46,50)(H,47,52)/t28-,30?,32+,33+,35-/m1/s1. The first kappa shape index (κ1) is 41.9. The Morgan fingerprint density at radius 3 is 2.35 bits per heavy atom. The molecule has 13 heteroatoms. The van der Waals surface area contributed by atoms with Crippen molar-refractivity contribution in [3.8, 4) is 12.3 Å². The highest BCUT2D eigenvalue weighted by Gasteiger charge is 2.49. The number of likely N-dealkylation sites (tertiary alicyclic amines) is 1. The number of amides is 5. The minimum Gasteiger partial charge on any atom is -0.346 e. The van der Waals surface area contributed by atoms with Gasteiger partial charge < -0.3 is 26.2 Å². The van der Waals surface area contributed by atoms with Gasteiger partial charge in [0.25, 0.3) is 11.8 Å². The molecule has 2 heterocycles.